The first-order valence-corrected chi connectivity index (χ1v) is 7.75. The molecule has 106 valence electrons. The van der Waals surface area contributed by atoms with E-state index in [1.54, 1.807) is 0 Å². The van der Waals surface area contributed by atoms with E-state index < -0.39 is 0 Å². The fourth-order valence-electron chi connectivity index (χ4n) is 4.47. The molecule has 2 fully saturated rings. The number of rotatable bonds is 3. The molecule has 1 unspecified atom stereocenters. The summed E-state index contributed by atoms with van der Waals surface area (Å²) in [5, 5.41) is 4.83. The Morgan fingerprint density at radius 2 is 1.78 bits per heavy atom. The summed E-state index contributed by atoms with van der Waals surface area (Å²) in [5.41, 5.74) is 1.14. The van der Waals surface area contributed by atoms with Crippen molar-refractivity contribution in [2.75, 3.05) is 27.2 Å². The van der Waals surface area contributed by atoms with Crippen molar-refractivity contribution in [3.63, 3.8) is 0 Å². The number of hydrogen-bond acceptors (Lipinski definition) is 2. The summed E-state index contributed by atoms with van der Waals surface area (Å²) in [6.45, 7) is 9.83. The Labute approximate surface area is 114 Å². The lowest BCUT2D eigenvalue weighted by molar-refractivity contribution is 0.0285. The van der Waals surface area contributed by atoms with Crippen LogP contribution in [0.15, 0.2) is 0 Å². The minimum atomic E-state index is 0.482. The Kier molecular flexibility index (Phi) is 4.08. The molecule has 0 bridgehead atoms. The maximum atomic E-state index is 2.54. The van der Waals surface area contributed by atoms with Gasteiger partial charge in [-0.05, 0) is 42.4 Å². The molecule has 1 aliphatic carbocycles. The Morgan fingerprint density at radius 3 is 2.22 bits per heavy atom. The van der Waals surface area contributed by atoms with Crippen molar-refractivity contribution in [3.05, 3.63) is 0 Å². The van der Waals surface area contributed by atoms with Crippen LogP contribution in [0.1, 0.15) is 59.3 Å². The van der Waals surface area contributed by atoms with E-state index in [-0.39, 0.29) is 0 Å². The van der Waals surface area contributed by atoms with Gasteiger partial charge in [0.1, 0.15) is 0 Å². The highest BCUT2D eigenvalue weighted by Gasteiger charge is 2.45. The van der Waals surface area contributed by atoms with E-state index >= 15 is 0 Å². The maximum absolute atomic E-state index is 2.54. The van der Waals surface area contributed by atoms with Gasteiger partial charge in [-0.25, -0.2) is 10.0 Å². The summed E-state index contributed by atoms with van der Waals surface area (Å²) < 4.78 is 0. The average Bonchev–Trinajstić information content (AvgIpc) is 2.82. The molecule has 2 heteroatoms. The quantitative estimate of drug-likeness (QED) is 0.754. The molecule has 1 saturated heterocycles. The fourth-order valence-corrected chi connectivity index (χ4v) is 4.47. The van der Waals surface area contributed by atoms with Crippen molar-refractivity contribution in [2.45, 2.75) is 59.3 Å². The van der Waals surface area contributed by atoms with Gasteiger partial charge < -0.3 is 0 Å². The largest absolute Gasteiger partial charge is 0.248 e. The molecule has 1 heterocycles. The first kappa shape index (κ1) is 14.3. The maximum Gasteiger partial charge on any atom is 0.0167 e. The minimum Gasteiger partial charge on any atom is -0.248 e. The molecule has 0 aromatic rings. The molecule has 0 spiro atoms. The fraction of sp³-hybridized carbons (Fsp3) is 1.00. The smallest absolute Gasteiger partial charge is 0.0167 e. The SMILES string of the molecule is CN(C)N1CCC(C2(CC(C)(C)C)CCCC2)C1. The van der Waals surface area contributed by atoms with E-state index in [0.717, 1.165) is 5.92 Å². The van der Waals surface area contributed by atoms with Crippen LogP contribution >= 0.6 is 0 Å². The number of hydrogen-bond donors (Lipinski definition) is 0. The summed E-state index contributed by atoms with van der Waals surface area (Å²) in [6, 6.07) is 0. The van der Waals surface area contributed by atoms with Gasteiger partial charge in [-0.3, -0.25) is 0 Å². The second-order valence-electron chi connectivity index (χ2n) is 8.05. The molecular formula is C16H32N2. The van der Waals surface area contributed by atoms with Crippen LogP contribution in [0.3, 0.4) is 0 Å². The third-order valence-electron chi connectivity index (χ3n) is 5.08. The average molecular weight is 252 g/mol. The second-order valence-corrected chi connectivity index (χ2v) is 8.05. The van der Waals surface area contributed by atoms with Crippen molar-refractivity contribution in [1.82, 2.24) is 10.0 Å². The Bertz CT molecular complexity index is 271. The molecule has 0 amide bonds. The van der Waals surface area contributed by atoms with Crippen molar-refractivity contribution < 1.29 is 0 Å². The van der Waals surface area contributed by atoms with Crippen LogP contribution in [0.25, 0.3) is 0 Å². The summed E-state index contributed by atoms with van der Waals surface area (Å²) in [7, 11) is 4.38. The van der Waals surface area contributed by atoms with E-state index in [0.29, 0.717) is 10.8 Å². The third kappa shape index (κ3) is 3.08. The first-order valence-electron chi connectivity index (χ1n) is 7.75. The van der Waals surface area contributed by atoms with Gasteiger partial charge in [-0.1, -0.05) is 33.6 Å². The van der Waals surface area contributed by atoms with Crippen molar-refractivity contribution in [1.29, 1.82) is 0 Å². The predicted molar refractivity (Wildman–Crippen MR) is 78.3 cm³/mol. The van der Waals surface area contributed by atoms with Crippen molar-refractivity contribution in [3.8, 4) is 0 Å². The van der Waals surface area contributed by atoms with Gasteiger partial charge in [0.2, 0.25) is 0 Å². The highest BCUT2D eigenvalue weighted by atomic mass is 15.6. The molecule has 1 saturated carbocycles. The van der Waals surface area contributed by atoms with Crippen LogP contribution in [0.2, 0.25) is 0 Å². The standard InChI is InChI=1S/C16H32N2/c1-15(2,3)13-16(9-6-7-10-16)14-8-11-18(12-14)17(4)5/h14H,6-13H2,1-5H3. The molecule has 1 atom stereocenters. The predicted octanol–water partition coefficient (Wildman–Crippen LogP) is 3.78. The van der Waals surface area contributed by atoms with Gasteiger partial charge in [0.15, 0.2) is 0 Å². The van der Waals surface area contributed by atoms with Gasteiger partial charge >= 0.3 is 0 Å². The van der Waals surface area contributed by atoms with E-state index in [2.05, 4.69) is 44.9 Å². The lowest BCUT2D eigenvalue weighted by Crippen LogP contribution is -2.38. The van der Waals surface area contributed by atoms with Crippen LogP contribution in [-0.2, 0) is 0 Å². The summed E-state index contributed by atoms with van der Waals surface area (Å²) in [4.78, 5) is 0. The highest BCUT2D eigenvalue weighted by Crippen LogP contribution is 2.53. The van der Waals surface area contributed by atoms with Crippen LogP contribution in [-0.4, -0.2) is 37.2 Å². The van der Waals surface area contributed by atoms with Gasteiger partial charge in [0.25, 0.3) is 0 Å². The van der Waals surface area contributed by atoms with E-state index in [9.17, 15) is 0 Å². The molecule has 18 heavy (non-hydrogen) atoms. The zero-order chi connectivity index (χ0) is 13.4. The van der Waals surface area contributed by atoms with E-state index in [1.165, 1.54) is 51.6 Å². The topological polar surface area (TPSA) is 6.48 Å². The molecule has 0 aromatic heterocycles. The highest BCUT2D eigenvalue weighted by molar-refractivity contribution is 4.96. The Balaban J connectivity index is 2.07. The van der Waals surface area contributed by atoms with Crippen LogP contribution in [0.4, 0.5) is 0 Å². The Hall–Kier alpha value is -0.0800. The molecule has 0 radical (unpaired) electrons. The second kappa shape index (κ2) is 5.13. The van der Waals surface area contributed by atoms with Crippen LogP contribution in [0, 0.1) is 16.7 Å². The summed E-state index contributed by atoms with van der Waals surface area (Å²) in [6.07, 6.45) is 8.73. The normalized spacial score (nSPS) is 29.3. The number of hydrazine groups is 1. The van der Waals surface area contributed by atoms with E-state index in [1.807, 2.05) is 0 Å². The van der Waals surface area contributed by atoms with Gasteiger partial charge in [0.05, 0.1) is 0 Å². The van der Waals surface area contributed by atoms with Gasteiger partial charge in [0, 0.05) is 27.2 Å². The lowest BCUT2D eigenvalue weighted by atomic mass is 9.65. The third-order valence-corrected chi connectivity index (χ3v) is 5.08. The molecule has 2 rings (SSSR count). The van der Waals surface area contributed by atoms with Crippen LogP contribution < -0.4 is 0 Å². The first-order chi connectivity index (χ1) is 8.32. The monoisotopic (exact) mass is 252 g/mol. The Morgan fingerprint density at radius 1 is 1.17 bits per heavy atom. The van der Waals surface area contributed by atoms with E-state index in [4.69, 9.17) is 0 Å². The molecule has 2 nitrogen and oxygen atoms in total. The molecule has 0 aromatic carbocycles. The zero-order valence-corrected chi connectivity index (χ0v) is 13.1. The summed E-state index contributed by atoms with van der Waals surface area (Å²) in [5.74, 6) is 0.932. The van der Waals surface area contributed by atoms with Gasteiger partial charge in [-0.2, -0.15) is 0 Å². The molecule has 0 N–H and O–H groups in total. The minimum absolute atomic E-state index is 0.482. The summed E-state index contributed by atoms with van der Waals surface area (Å²) >= 11 is 0. The van der Waals surface area contributed by atoms with Crippen molar-refractivity contribution in [2.24, 2.45) is 16.7 Å². The number of nitrogens with zero attached hydrogens (tertiary/aromatic N) is 2. The van der Waals surface area contributed by atoms with Gasteiger partial charge in [-0.15, -0.1) is 0 Å². The zero-order valence-electron chi connectivity index (χ0n) is 13.1. The molecule has 1 aliphatic heterocycles. The lowest BCUT2D eigenvalue weighted by Gasteiger charge is -2.41. The molecular weight excluding hydrogens is 220 g/mol. The van der Waals surface area contributed by atoms with Crippen LogP contribution in [0.5, 0.6) is 0 Å². The molecule has 2 aliphatic rings. The van der Waals surface area contributed by atoms with Crippen molar-refractivity contribution >= 4 is 0 Å².